The first-order valence-electron chi connectivity index (χ1n) is 15.0. The van der Waals surface area contributed by atoms with Crippen molar-refractivity contribution in [3.63, 3.8) is 0 Å². The summed E-state index contributed by atoms with van der Waals surface area (Å²) in [6.45, 7) is 0. The molecule has 9 rings (SSSR count). The molecule has 3 heterocycles. The highest BCUT2D eigenvalue weighted by molar-refractivity contribution is 6.23. The van der Waals surface area contributed by atoms with Crippen molar-refractivity contribution in [2.45, 2.75) is 12.3 Å². The van der Waals surface area contributed by atoms with Gasteiger partial charge < -0.3 is 4.57 Å². The van der Waals surface area contributed by atoms with Crippen LogP contribution in [0.5, 0.6) is 0 Å². The Balaban J connectivity index is 1.45. The van der Waals surface area contributed by atoms with Crippen molar-refractivity contribution in [1.29, 1.82) is 0 Å². The predicted octanol–water partition coefficient (Wildman–Crippen LogP) is 9.33. The molecule has 0 N–H and O–H groups in total. The molecule has 208 valence electrons. The number of fused-ring (bicyclic) bond motifs is 7. The summed E-state index contributed by atoms with van der Waals surface area (Å²) in [7, 11) is 0. The number of nitrogens with zero attached hydrogens (tertiary/aromatic N) is 5. The van der Waals surface area contributed by atoms with Gasteiger partial charge in [-0.15, -0.1) is 0 Å². The van der Waals surface area contributed by atoms with E-state index in [1.54, 1.807) is 0 Å². The average molecular weight is 566 g/mol. The molecule has 5 heteroatoms. The predicted molar refractivity (Wildman–Crippen MR) is 180 cm³/mol. The molecule has 0 amide bonds. The van der Waals surface area contributed by atoms with E-state index in [4.69, 9.17) is 15.0 Å². The topological polar surface area (TPSA) is 48.5 Å². The molecule has 5 aromatic carbocycles. The van der Waals surface area contributed by atoms with Crippen LogP contribution in [0, 0.1) is 0 Å². The standard InChI is InChI=1S/C39H27N5/c1-4-14-26(15-5-1)37-40-38(27-16-6-2-7-17-27)42-39(41-37)44-34-23-13-11-21-30(34)32-25-24-31-29-20-10-12-22-33(29)43(35(31)36(32)44)28-18-8-3-9-19-28/h1-16,18-25,27H,17H2. The fraction of sp³-hybridized carbons (Fsp3) is 0.0513. The van der Waals surface area contributed by atoms with Gasteiger partial charge in [0.25, 0.3) is 0 Å². The molecule has 1 atom stereocenters. The van der Waals surface area contributed by atoms with Crippen LogP contribution in [0.1, 0.15) is 18.2 Å². The van der Waals surface area contributed by atoms with E-state index in [2.05, 4.69) is 137 Å². The maximum Gasteiger partial charge on any atom is 0.238 e. The zero-order valence-electron chi connectivity index (χ0n) is 23.9. The van der Waals surface area contributed by atoms with Crippen molar-refractivity contribution in [2.75, 3.05) is 0 Å². The van der Waals surface area contributed by atoms with Gasteiger partial charge in [0.05, 0.1) is 22.1 Å². The van der Waals surface area contributed by atoms with Crippen LogP contribution in [0.4, 0.5) is 0 Å². The van der Waals surface area contributed by atoms with Gasteiger partial charge in [0.1, 0.15) is 5.82 Å². The first-order valence-corrected chi connectivity index (χ1v) is 15.0. The Hall–Kier alpha value is -5.81. The molecule has 0 spiro atoms. The largest absolute Gasteiger partial charge is 0.307 e. The number of hydrogen-bond donors (Lipinski definition) is 0. The highest BCUT2D eigenvalue weighted by Crippen LogP contribution is 2.41. The highest BCUT2D eigenvalue weighted by atomic mass is 15.2. The lowest BCUT2D eigenvalue weighted by Gasteiger charge is -2.16. The quantitative estimate of drug-likeness (QED) is 0.214. The molecule has 44 heavy (non-hydrogen) atoms. The van der Waals surface area contributed by atoms with Crippen molar-refractivity contribution in [3.8, 4) is 23.0 Å². The number of hydrogen-bond acceptors (Lipinski definition) is 3. The van der Waals surface area contributed by atoms with Crippen LogP contribution in [-0.2, 0) is 0 Å². The third-order valence-electron chi connectivity index (χ3n) is 8.67. The zero-order valence-corrected chi connectivity index (χ0v) is 23.9. The van der Waals surface area contributed by atoms with E-state index < -0.39 is 0 Å². The fourth-order valence-electron chi connectivity index (χ4n) is 6.69. The minimum atomic E-state index is 0.0769. The molecule has 1 aliphatic rings. The Morgan fingerprint density at radius 1 is 0.523 bits per heavy atom. The molecule has 0 bridgehead atoms. The van der Waals surface area contributed by atoms with Gasteiger partial charge in [-0.3, -0.25) is 4.57 Å². The Morgan fingerprint density at radius 3 is 1.82 bits per heavy atom. The molecule has 3 aromatic heterocycles. The van der Waals surface area contributed by atoms with E-state index in [0.717, 1.165) is 50.8 Å². The van der Waals surface area contributed by atoms with Gasteiger partial charge in [-0.25, -0.2) is 4.98 Å². The van der Waals surface area contributed by atoms with Gasteiger partial charge in [0.15, 0.2) is 5.82 Å². The monoisotopic (exact) mass is 565 g/mol. The normalized spacial score (nSPS) is 14.8. The highest BCUT2D eigenvalue weighted by Gasteiger charge is 2.24. The van der Waals surface area contributed by atoms with Crippen molar-refractivity contribution >= 4 is 43.6 Å². The number of para-hydroxylation sites is 3. The van der Waals surface area contributed by atoms with E-state index in [-0.39, 0.29) is 5.92 Å². The molecule has 0 fully saturated rings. The second-order valence-electron chi connectivity index (χ2n) is 11.2. The van der Waals surface area contributed by atoms with Crippen LogP contribution in [0.3, 0.4) is 0 Å². The Labute approximate surface area is 254 Å². The van der Waals surface area contributed by atoms with E-state index in [1.807, 2.05) is 18.2 Å². The first-order chi connectivity index (χ1) is 21.8. The number of allylic oxidation sites excluding steroid dienone is 4. The Kier molecular flexibility index (Phi) is 5.56. The van der Waals surface area contributed by atoms with Gasteiger partial charge in [0, 0.05) is 38.7 Å². The summed E-state index contributed by atoms with van der Waals surface area (Å²) in [6, 6.07) is 42.6. The molecule has 0 saturated carbocycles. The summed E-state index contributed by atoms with van der Waals surface area (Å²) >= 11 is 0. The van der Waals surface area contributed by atoms with E-state index in [1.165, 1.54) is 16.3 Å². The van der Waals surface area contributed by atoms with Gasteiger partial charge in [-0.05, 0) is 30.7 Å². The van der Waals surface area contributed by atoms with Crippen molar-refractivity contribution in [1.82, 2.24) is 24.1 Å². The van der Waals surface area contributed by atoms with E-state index >= 15 is 0 Å². The second-order valence-corrected chi connectivity index (χ2v) is 11.2. The Bertz CT molecular complexity index is 2410. The van der Waals surface area contributed by atoms with Gasteiger partial charge in [-0.2, -0.15) is 9.97 Å². The van der Waals surface area contributed by atoms with Crippen LogP contribution < -0.4 is 0 Å². The molecular weight excluding hydrogens is 538 g/mol. The third-order valence-corrected chi connectivity index (χ3v) is 8.67. The third kappa shape index (κ3) is 3.76. The summed E-state index contributed by atoms with van der Waals surface area (Å²) in [5.41, 5.74) is 6.53. The van der Waals surface area contributed by atoms with Crippen LogP contribution in [0.25, 0.3) is 66.6 Å². The molecular formula is C39H27N5. The maximum absolute atomic E-state index is 5.23. The van der Waals surface area contributed by atoms with Crippen LogP contribution >= 0.6 is 0 Å². The Morgan fingerprint density at radius 2 is 1.14 bits per heavy atom. The van der Waals surface area contributed by atoms with E-state index in [0.29, 0.717) is 11.8 Å². The second kappa shape index (κ2) is 9.89. The number of aromatic nitrogens is 5. The summed E-state index contributed by atoms with van der Waals surface area (Å²) in [5, 5.41) is 4.74. The molecule has 1 unspecified atom stereocenters. The zero-order chi connectivity index (χ0) is 29.0. The lowest BCUT2D eigenvalue weighted by molar-refractivity contribution is 0.750. The molecule has 1 aliphatic carbocycles. The SMILES string of the molecule is C1=CCC(c2nc(-c3ccccc3)nc(-n3c4ccccc4c4ccc5c6ccccc6n(-c6ccccc6)c5c43)n2)C=C1. The van der Waals surface area contributed by atoms with Crippen LogP contribution in [0.2, 0.25) is 0 Å². The van der Waals surface area contributed by atoms with Crippen molar-refractivity contribution in [3.05, 3.63) is 151 Å². The summed E-state index contributed by atoms with van der Waals surface area (Å²) in [4.78, 5) is 15.5. The average Bonchev–Trinajstić information content (AvgIpc) is 3.62. The molecule has 0 aliphatic heterocycles. The first kappa shape index (κ1) is 24.8. The number of rotatable bonds is 4. The van der Waals surface area contributed by atoms with Crippen LogP contribution in [0.15, 0.2) is 146 Å². The summed E-state index contributed by atoms with van der Waals surface area (Å²) in [6.07, 6.45) is 9.39. The lowest BCUT2D eigenvalue weighted by Crippen LogP contribution is -2.11. The van der Waals surface area contributed by atoms with Gasteiger partial charge >= 0.3 is 0 Å². The lowest BCUT2D eigenvalue weighted by atomic mass is 10.00. The summed E-state index contributed by atoms with van der Waals surface area (Å²) < 4.78 is 4.64. The fourth-order valence-corrected chi connectivity index (χ4v) is 6.69. The molecule has 8 aromatic rings. The summed E-state index contributed by atoms with van der Waals surface area (Å²) in [5.74, 6) is 2.15. The minimum absolute atomic E-state index is 0.0769. The minimum Gasteiger partial charge on any atom is -0.307 e. The van der Waals surface area contributed by atoms with Crippen molar-refractivity contribution in [2.24, 2.45) is 0 Å². The van der Waals surface area contributed by atoms with Gasteiger partial charge in [-0.1, -0.05) is 121 Å². The molecule has 5 nitrogen and oxygen atoms in total. The van der Waals surface area contributed by atoms with Crippen LogP contribution in [-0.4, -0.2) is 24.1 Å². The molecule has 0 radical (unpaired) electrons. The van der Waals surface area contributed by atoms with Gasteiger partial charge in [0.2, 0.25) is 5.95 Å². The maximum atomic E-state index is 5.23. The smallest absolute Gasteiger partial charge is 0.238 e. The van der Waals surface area contributed by atoms with Crippen molar-refractivity contribution < 1.29 is 0 Å². The van der Waals surface area contributed by atoms with E-state index in [9.17, 15) is 0 Å². The number of benzene rings is 5. The molecule has 0 saturated heterocycles.